The molecular formula is C17H16FNO. The molecule has 1 aliphatic rings. The fourth-order valence-electron chi connectivity index (χ4n) is 2.69. The van der Waals surface area contributed by atoms with Crippen molar-refractivity contribution in [2.75, 3.05) is 0 Å². The molecule has 0 bridgehead atoms. The third kappa shape index (κ3) is 2.37. The second-order valence-electron chi connectivity index (χ2n) is 5.23. The monoisotopic (exact) mass is 269 g/mol. The Morgan fingerprint density at radius 1 is 1.20 bits per heavy atom. The SMILES string of the molecule is Cc1ccc(F)cc1C(=O)C1Cc2ccccc2CN1. The number of hydrogen-bond donors (Lipinski definition) is 1. The second-order valence-corrected chi connectivity index (χ2v) is 5.23. The van der Waals surface area contributed by atoms with Crippen LogP contribution in [0.25, 0.3) is 0 Å². The molecule has 0 spiro atoms. The molecule has 2 nitrogen and oxygen atoms in total. The number of aryl methyl sites for hydroxylation is 1. The average Bonchev–Trinajstić information content (AvgIpc) is 2.48. The Balaban J connectivity index is 1.88. The molecule has 102 valence electrons. The van der Waals surface area contributed by atoms with Gasteiger partial charge in [0.2, 0.25) is 0 Å². The van der Waals surface area contributed by atoms with E-state index in [0.717, 1.165) is 5.56 Å². The van der Waals surface area contributed by atoms with E-state index >= 15 is 0 Å². The Labute approximate surface area is 117 Å². The molecule has 3 heteroatoms. The number of benzene rings is 2. The van der Waals surface area contributed by atoms with Crippen molar-refractivity contribution in [3.8, 4) is 0 Å². The molecular weight excluding hydrogens is 253 g/mol. The van der Waals surface area contributed by atoms with Crippen LogP contribution in [-0.2, 0) is 13.0 Å². The summed E-state index contributed by atoms with van der Waals surface area (Å²) in [6.45, 7) is 2.52. The van der Waals surface area contributed by atoms with E-state index in [1.54, 1.807) is 6.07 Å². The van der Waals surface area contributed by atoms with Crippen LogP contribution in [0.15, 0.2) is 42.5 Å². The molecule has 0 fully saturated rings. The molecule has 1 unspecified atom stereocenters. The third-order valence-electron chi connectivity index (χ3n) is 3.86. The molecule has 0 aromatic heterocycles. The molecule has 20 heavy (non-hydrogen) atoms. The van der Waals surface area contributed by atoms with Crippen molar-refractivity contribution in [3.05, 3.63) is 70.5 Å². The number of hydrogen-bond acceptors (Lipinski definition) is 2. The summed E-state index contributed by atoms with van der Waals surface area (Å²) < 4.78 is 13.3. The molecule has 3 rings (SSSR count). The zero-order valence-electron chi connectivity index (χ0n) is 11.3. The van der Waals surface area contributed by atoms with Crippen LogP contribution in [0.2, 0.25) is 0 Å². The van der Waals surface area contributed by atoms with Crippen molar-refractivity contribution in [1.82, 2.24) is 5.32 Å². The van der Waals surface area contributed by atoms with E-state index in [-0.39, 0.29) is 17.6 Å². The molecule has 1 heterocycles. The van der Waals surface area contributed by atoms with Crippen molar-refractivity contribution in [2.24, 2.45) is 0 Å². The maximum absolute atomic E-state index is 13.3. The molecule has 2 aromatic rings. The van der Waals surface area contributed by atoms with Gasteiger partial charge in [-0.2, -0.15) is 0 Å². The molecule has 0 saturated carbocycles. The molecule has 0 aliphatic carbocycles. The maximum Gasteiger partial charge on any atom is 0.180 e. The number of fused-ring (bicyclic) bond motifs is 1. The van der Waals surface area contributed by atoms with Gasteiger partial charge in [-0.25, -0.2) is 4.39 Å². The van der Waals surface area contributed by atoms with E-state index in [1.807, 2.05) is 19.1 Å². The number of rotatable bonds is 2. The van der Waals surface area contributed by atoms with E-state index in [9.17, 15) is 9.18 Å². The Kier molecular flexibility index (Phi) is 3.36. The number of nitrogens with one attached hydrogen (secondary N) is 1. The number of halogens is 1. The third-order valence-corrected chi connectivity index (χ3v) is 3.86. The van der Waals surface area contributed by atoms with Crippen LogP contribution in [-0.4, -0.2) is 11.8 Å². The first-order chi connectivity index (χ1) is 9.65. The summed E-state index contributed by atoms with van der Waals surface area (Å²) >= 11 is 0. The van der Waals surface area contributed by atoms with Gasteiger partial charge in [-0.15, -0.1) is 0 Å². The van der Waals surface area contributed by atoms with Crippen LogP contribution in [0.3, 0.4) is 0 Å². The summed E-state index contributed by atoms with van der Waals surface area (Å²) in [5, 5.41) is 3.25. The summed E-state index contributed by atoms with van der Waals surface area (Å²) in [5.41, 5.74) is 3.71. The van der Waals surface area contributed by atoms with Crippen molar-refractivity contribution >= 4 is 5.78 Å². The minimum atomic E-state index is -0.366. The van der Waals surface area contributed by atoms with Gasteiger partial charge < -0.3 is 5.32 Å². The minimum Gasteiger partial charge on any atom is -0.303 e. The molecule has 2 aromatic carbocycles. The van der Waals surface area contributed by atoms with Crippen LogP contribution < -0.4 is 5.32 Å². The number of Topliss-reactive ketones (excluding diaryl/α,β-unsaturated/α-hetero) is 1. The lowest BCUT2D eigenvalue weighted by Gasteiger charge is -2.25. The highest BCUT2D eigenvalue weighted by atomic mass is 19.1. The molecule has 1 atom stereocenters. The fourth-order valence-corrected chi connectivity index (χ4v) is 2.69. The molecule has 0 amide bonds. The highest BCUT2D eigenvalue weighted by molar-refractivity contribution is 6.01. The van der Waals surface area contributed by atoms with E-state index in [2.05, 4.69) is 17.4 Å². The van der Waals surface area contributed by atoms with Gasteiger partial charge >= 0.3 is 0 Å². The first kappa shape index (κ1) is 13.0. The summed E-state index contributed by atoms with van der Waals surface area (Å²) in [4.78, 5) is 12.6. The van der Waals surface area contributed by atoms with E-state index in [4.69, 9.17) is 0 Å². The zero-order valence-corrected chi connectivity index (χ0v) is 11.3. The number of carbonyl (C=O) groups excluding carboxylic acids is 1. The normalized spacial score (nSPS) is 17.6. The van der Waals surface area contributed by atoms with Gasteiger partial charge in [-0.1, -0.05) is 30.3 Å². The van der Waals surface area contributed by atoms with Crippen molar-refractivity contribution in [3.63, 3.8) is 0 Å². The van der Waals surface area contributed by atoms with E-state index < -0.39 is 0 Å². The van der Waals surface area contributed by atoms with Crippen LogP contribution >= 0.6 is 0 Å². The molecule has 1 aliphatic heterocycles. The maximum atomic E-state index is 13.3. The highest BCUT2D eigenvalue weighted by Crippen LogP contribution is 2.20. The van der Waals surface area contributed by atoms with Gasteiger partial charge in [0.05, 0.1) is 6.04 Å². The Bertz CT molecular complexity index is 666. The lowest BCUT2D eigenvalue weighted by Crippen LogP contribution is -2.42. The Hall–Kier alpha value is -2.00. The summed E-state index contributed by atoms with van der Waals surface area (Å²) in [5.74, 6) is -0.397. The van der Waals surface area contributed by atoms with E-state index in [1.165, 1.54) is 23.3 Å². The Morgan fingerprint density at radius 2 is 1.95 bits per heavy atom. The van der Waals surface area contributed by atoms with E-state index in [0.29, 0.717) is 18.5 Å². The van der Waals surface area contributed by atoms with Gasteiger partial charge in [0.25, 0.3) is 0 Å². The van der Waals surface area contributed by atoms with Crippen LogP contribution in [0.5, 0.6) is 0 Å². The zero-order chi connectivity index (χ0) is 14.1. The predicted octanol–water partition coefficient (Wildman–Crippen LogP) is 3.03. The van der Waals surface area contributed by atoms with Crippen molar-refractivity contribution in [2.45, 2.75) is 25.9 Å². The topological polar surface area (TPSA) is 29.1 Å². The Morgan fingerprint density at radius 3 is 2.75 bits per heavy atom. The predicted molar refractivity (Wildman–Crippen MR) is 76.2 cm³/mol. The number of ketones is 1. The van der Waals surface area contributed by atoms with Gasteiger partial charge in [-0.05, 0) is 42.2 Å². The first-order valence-corrected chi connectivity index (χ1v) is 6.75. The van der Waals surface area contributed by atoms with Crippen LogP contribution in [0.1, 0.15) is 27.0 Å². The fraction of sp³-hybridized carbons (Fsp3) is 0.235. The second kappa shape index (κ2) is 5.17. The van der Waals surface area contributed by atoms with Gasteiger partial charge in [0.1, 0.15) is 5.82 Å². The van der Waals surface area contributed by atoms with Crippen LogP contribution in [0.4, 0.5) is 4.39 Å². The number of carbonyl (C=O) groups is 1. The first-order valence-electron chi connectivity index (χ1n) is 6.75. The summed E-state index contributed by atoms with van der Waals surface area (Å²) in [6.07, 6.45) is 0.658. The minimum absolute atomic E-state index is 0.0310. The van der Waals surface area contributed by atoms with Crippen molar-refractivity contribution < 1.29 is 9.18 Å². The standard InChI is InChI=1S/C17H16FNO/c1-11-6-7-14(18)9-15(11)17(20)16-8-12-4-2-3-5-13(12)10-19-16/h2-7,9,16,19H,8,10H2,1H3. The van der Waals surface area contributed by atoms with Gasteiger partial charge in [-0.3, -0.25) is 4.79 Å². The molecule has 1 N–H and O–H groups in total. The average molecular weight is 269 g/mol. The highest BCUT2D eigenvalue weighted by Gasteiger charge is 2.25. The van der Waals surface area contributed by atoms with Crippen LogP contribution in [0, 0.1) is 12.7 Å². The van der Waals surface area contributed by atoms with Crippen molar-refractivity contribution in [1.29, 1.82) is 0 Å². The summed E-state index contributed by atoms with van der Waals surface area (Å²) in [6, 6.07) is 12.2. The largest absolute Gasteiger partial charge is 0.303 e. The molecule has 0 radical (unpaired) electrons. The lowest BCUT2D eigenvalue weighted by atomic mass is 9.90. The summed E-state index contributed by atoms with van der Waals surface area (Å²) in [7, 11) is 0. The molecule has 0 saturated heterocycles. The quantitative estimate of drug-likeness (QED) is 0.849. The smallest absolute Gasteiger partial charge is 0.180 e. The lowest BCUT2D eigenvalue weighted by molar-refractivity contribution is 0.0937. The van der Waals surface area contributed by atoms with Gasteiger partial charge in [0.15, 0.2) is 5.78 Å². The van der Waals surface area contributed by atoms with Gasteiger partial charge in [0, 0.05) is 12.1 Å².